The number of halogens is 1. The summed E-state index contributed by atoms with van der Waals surface area (Å²) in [5.41, 5.74) is 11.8. The van der Waals surface area contributed by atoms with Crippen molar-refractivity contribution < 1.29 is 5.21 Å². The molecule has 0 amide bonds. The minimum atomic E-state index is -0.250. The van der Waals surface area contributed by atoms with Crippen LogP contribution in [0.25, 0.3) is 0 Å². The molecule has 20 heavy (non-hydrogen) atoms. The molecule has 0 atom stereocenters. The molecule has 0 saturated carbocycles. The second kappa shape index (κ2) is 6.02. The molecule has 0 bridgehead atoms. The maximum Gasteiger partial charge on any atom is 0.228 e. The van der Waals surface area contributed by atoms with Crippen molar-refractivity contribution in [3.05, 3.63) is 40.7 Å². The second-order valence-corrected chi connectivity index (χ2v) is 4.18. The minimum absolute atomic E-state index is 0.0124. The van der Waals surface area contributed by atoms with Crippen LogP contribution in [0, 0.1) is 0 Å². The topological polar surface area (TPSA) is 135 Å². The van der Waals surface area contributed by atoms with Crippen molar-refractivity contribution in [3.63, 3.8) is 0 Å². The number of nitrogen functional groups attached to an aromatic ring is 1. The summed E-state index contributed by atoms with van der Waals surface area (Å²) < 4.78 is 0. The predicted molar refractivity (Wildman–Crippen MR) is 75.5 cm³/mol. The van der Waals surface area contributed by atoms with E-state index in [1.807, 2.05) is 18.2 Å². The monoisotopic (exact) mass is 293 g/mol. The average molecular weight is 294 g/mol. The zero-order valence-corrected chi connectivity index (χ0v) is 11.0. The lowest BCUT2D eigenvalue weighted by Crippen LogP contribution is -2.20. The quantitative estimate of drug-likeness (QED) is 0.283. The van der Waals surface area contributed by atoms with Gasteiger partial charge in [0.15, 0.2) is 0 Å². The highest BCUT2D eigenvalue weighted by Crippen LogP contribution is 2.15. The molecule has 1 aromatic carbocycles. The molecule has 0 fully saturated rings. The Labute approximate surface area is 119 Å². The molecule has 2 rings (SSSR count). The van der Waals surface area contributed by atoms with E-state index in [9.17, 15) is 0 Å². The Morgan fingerprint density at radius 1 is 1.30 bits per heavy atom. The summed E-state index contributed by atoms with van der Waals surface area (Å²) in [6.07, 6.45) is 0. The molecular weight excluding hydrogens is 282 g/mol. The maximum atomic E-state index is 8.60. The number of benzene rings is 1. The molecule has 0 aliphatic rings. The van der Waals surface area contributed by atoms with Gasteiger partial charge in [0.1, 0.15) is 0 Å². The van der Waals surface area contributed by atoms with Crippen LogP contribution in [0.2, 0.25) is 5.02 Å². The Morgan fingerprint density at radius 2 is 2.05 bits per heavy atom. The van der Waals surface area contributed by atoms with Gasteiger partial charge in [0.2, 0.25) is 23.6 Å². The smallest absolute Gasteiger partial charge is 0.228 e. The van der Waals surface area contributed by atoms with Crippen LogP contribution >= 0.6 is 11.6 Å². The van der Waals surface area contributed by atoms with Gasteiger partial charge in [-0.15, -0.1) is 0 Å². The van der Waals surface area contributed by atoms with Crippen molar-refractivity contribution >= 4 is 29.3 Å². The number of nitrogens with two attached hydrogens (primary N) is 2. The number of hydrogen-bond donors (Lipinski definition) is 4. The van der Waals surface area contributed by atoms with Gasteiger partial charge in [-0.2, -0.15) is 15.0 Å². The number of anilines is 2. The van der Waals surface area contributed by atoms with Crippen LogP contribution < -0.4 is 16.8 Å². The maximum absolute atomic E-state index is 8.60. The van der Waals surface area contributed by atoms with Crippen molar-refractivity contribution in [1.82, 2.24) is 15.0 Å². The number of aromatic nitrogens is 3. The second-order valence-electron chi connectivity index (χ2n) is 3.77. The highest BCUT2D eigenvalue weighted by molar-refractivity contribution is 6.31. The summed E-state index contributed by atoms with van der Waals surface area (Å²) in [6.45, 7) is 0.402. The van der Waals surface area contributed by atoms with Gasteiger partial charge in [-0.1, -0.05) is 35.0 Å². The van der Waals surface area contributed by atoms with Gasteiger partial charge in [-0.3, -0.25) is 0 Å². The number of nitrogens with zero attached hydrogens (tertiary/aromatic N) is 4. The lowest BCUT2D eigenvalue weighted by atomic mass is 10.2. The van der Waals surface area contributed by atoms with E-state index in [1.165, 1.54) is 0 Å². The molecule has 9 heteroatoms. The van der Waals surface area contributed by atoms with Crippen LogP contribution in [0.4, 0.5) is 11.9 Å². The predicted octanol–water partition coefficient (Wildman–Crippen LogP) is 0.814. The van der Waals surface area contributed by atoms with Gasteiger partial charge in [0.25, 0.3) is 0 Å². The first-order valence-corrected chi connectivity index (χ1v) is 5.94. The standard InChI is InChI=1S/C11H12ClN7O/c12-7-4-2-1-3-6(7)5-15-11-17-9(8(13)19-20)16-10(14)18-11/h1-4,20H,5H2,(H2,13,19)(H3,14,15,16,17,18). The Bertz CT molecular complexity index is 646. The largest absolute Gasteiger partial charge is 0.409 e. The molecule has 0 unspecified atom stereocenters. The van der Waals surface area contributed by atoms with Gasteiger partial charge in [0, 0.05) is 11.6 Å². The third-order valence-electron chi connectivity index (χ3n) is 2.38. The molecule has 0 saturated heterocycles. The molecule has 2 aromatic rings. The van der Waals surface area contributed by atoms with Crippen LogP contribution in [0.15, 0.2) is 29.4 Å². The highest BCUT2D eigenvalue weighted by atomic mass is 35.5. The van der Waals surface area contributed by atoms with Crippen LogP contribution in [0.3, 0.4) is 0 Å². The Balaban J connectivity index is 2.18. The molecular formula is C11H12ClN7O. The third-order valence-corrected chi connectivity index (χ3v) is 2.75. The first-order chi connectivity index (χ1) is 9.60. The first-order valence-electron chi connectivity index (χ1n) is 5.57. The van der Waals surface area contributed by atoms with Gasteiger partial charge in [0.05, 0.1) is 0 Å². The van der Waals surface area contributed by atoms with Crippen molar-refractivity contribution in [2.24, 2.45) is 10.9 Å². The van der Waals surface area contributed by atoms with Crippen LogP contribution in [-0.2, 0) is 6.54 Å². The van der Waals surface area contributed by atoms with Crippen molar-refractivity contribution in [3.8, 4) is 0 Å². The summed E-state index contributed by atoms with van der Waals surface area (Å²) in [5, 5.41) is 15.0. The fraction of sp³-hybridized carbons (Fsp3) is 0.0909. The van der Waals surface area contributed by atoms with Crippen LogP contribution in [0.1, 0.15) is 11.4 Å². The van der Waals surface area contributed by atoms with E-state index in [2.05, 4.69) is 25.4 Å². The molecule has 0 radical (unpaired) electrons. The molecule has 6 N–H and O–H groups in total. The number of rotatable bonds is 4. The molecule has 1 heterocycles. The first kappa shape index (κ1) is 13.8. The van der Waals surface area contributed by atoms with Crippen molar-refractivity contribution in [2.75, 3.05) is 11.1 Å². The zero-order valence-electron chi connectivity index (χ0n) is 10.3. The minimum Gasteiger partial charge on any atom is -0.409 e. The fourth-order valence-corrected chi connectivity index (χ4v) is 1.65. The van der Waals surface area contributed by atoms with Crippen LogP contribution in [-0.4, -0.2) is 26.0 Å². The molecule has 0 aliphatic heterocycles. The highest BCUT2D eigenvalue weighted by Gasteiger charge is 2.08. The lowest BCUT2D eigenvalue weighted by molar-refractivity contribution is 0.318. The Morgan fingerprint density at radius 3 is 2.75 bits per heavy atom. The van der Waals surface area contributed by atoms with Gasteiger partial charge in [-0.05, 0) is 11.6 Å². The molecule has 8 nitrogen and oxygen atoms in total. The third kappa shape index (κ3) is 3.23. The van der Waals surface area contributed by atoms with E-state index in [1.54, 1.807) is 6.07 Å². The van der Waals surface area contributed by atoms with E-state index < -0.39 is 0 Å². The van der Waals surface area contributed by atoms with Gasteiger partial charge in [-0.25, -0.2) is 0 Å². The fourth-order valence-electron chi connectivity index (χ4n) is 1.45. The Hall–Kier alpha value is -2.61. The van der Waals surface area contributed by atoms with Crippen molar-refractivity contribution in [2.45, 2.75) is 6.54 Å². The summed E-state index contributed by atoms with van der Waals surface area (Å²) in [6, 6.07) is 7.35. The summed E-state index contributed by atoms with van der Waals surface area (Å²) in [4.78, 5) is 11.6. The summed E-state index contributed by atoms with van der Waals surface area (Å²) >= 11 is 6.04. The van der Waals surface area contributed by atoms with Crippen LogP contribution in [0.5, 0.6) is 0 Å². The van der Waals surface area contributed by atoms with E-state index >= 15 is 0 Å². The number of amidine groups is 1. The molecule has 0 aliphatic carbocycles. The van der Waals surface area contributed by atoms with Gasteiger partial charge >= 0.3 is 0 Å². The van der Waals surface area contributed by atoms with E-state index in [-0.39, 0.29) is 23.6 Å². The molecule has 0 spiro atoms. The molecule has 1 aromatic heterocycles. The SMILES string of the molecule is NC(=NO)c1nc(N)nc(NCc2ccccc2Cl)n1. The van der Waals surface area contributed by atoms with Crippen molar-refractivity contribution in [1.29, 1.82) is 0 Å². The average Bonchev–Trinajstić information content (AvgIpc) is 2.45. The van der Waals surface area contributed by atoms with Gasteiger partial charge < -0.3 is 22.0 Å². The summed E-state index contributed by atoms with van der Waals surface area (Å²) in [7, 11) is 0. The number of oxime groups is 1. The van der Waals surface area contributed by atoms with E-state index in [0.717, 1.165) is 5.56 Å². The normalized spacial score (nSPS) is 11.3. The molecule has 104 valence electrons. The number of hydrogen-bond acceptors (Lipinski definition) is 7. The zero-order chi connectivity index (χ0) is 14.5. The number of nitrogens with one attached hydrogen (secondary N) is 1. The Kier molecular flexibility index (Phi) is 4.16. The summed E-state index contributed by atoms with van der Waals surface area (Å²) in [5.74, 6) is -0.0937. The van der Waals surface area contributed by atoms with E-state index in [4.69, 9.17) is 28.3 Å². The van der Waals surface area contributed by atoms with E-state index in [0.29, 0.717) is 11.6 Å². The lowest BCUT2D eigenvalue weighted by Gasteiger charge is -2.07.